The fraction of sp³-hybridized carbons (Fsp3) is 1.00. The third-order valence-corrected chi connectivity index (χ3v) is 8.11. The van der Waals surface area contributed by atoms with Crippen LogP contribution in [0.1, 0.15) is 104 Å². The van der Waals surface area contributed by atoms with Gasteiger partial charge in [-0.25, -0.2) is 8.78 Å². The molecule has 0 aromatic rings. The molecule has 4 saturated carbocycles. The van der Waals surface area contributed by atoms with E-state index in [4.69, 9.17) is 0 Å². The Hall–Kier alpha value is -0.140. The van der Waals surface area contributed by atoms with Crippen LogP contribution in [0.25, 0.3) is 0 Å². The average Bonchev–Trinajstić information content (AvgIpc) is 2.56. The average molecular weight is 327 g/mol. The van der Waals surface area contributed by atoms with E-state index in [9.17, 15) is 8.78 Å². The van der Waals surface area contributed by atoms with E-state index in [0.717, 1.165) is 12.8 Å². The van der Waals surface area contributed by atoms with Crippen molar-refractivity contribution >= 4 is 0 Å². The maximum Gasteiger partial charge on any atom is 0.251 e. The summed E-state index contributed by atoms with van der Waals surface area (Å²) in [4.78, 5) is 0. The summed E-state index contributed by atoms with van der Waals surface area (Å²) in [7, 11) is 0. The zero-order chi connectivity index (χ0) is 16.6. The Bertz CT molecular complexity index is 376. The highest BCUT2D eigenvalue weighted by Crippen LogP contribution is 2.64. The molecule has 0 unspecified atom stereocenters. The Morgan fingerprint density at radius 1 is 0.870 bits per heavy atom. The van der Waals surface area contributed by atoms with Crippen LogP contribution in [0.2, 0.25) is 0 Å². The Morgan fingerprint density at radius 3 is 2.04 bits per heavy atom. The number of fused-ring (bicyclic) bond motifs is 3. The molecule has 23 heavy (non-hydrogen) atoms. The molecule has 2 atom stereocenters. The molecule has 0 spiro atoms. The Morgan fingerprint density at radius 2 is 1.52 bits per heavy atom. The second-order valence-corrected chi connectivity index (χ2v) is 9.16. The van der Waals surface area contributed by atoms with Crippen molar-refractivity contribution < 1.29 is 8.78 Å². The number of alkyl halides is 2. The summed E-state index contributed by atoms with van der Waals surface area (Å²) in [6.07, 6.45) is 15.8. The number of rotatable bonds is 6. The first-order chi connectivity index (χ1) is 11.0. The fourth-order valence-corrected chi connectivity index (χ4v) is 6.27. The summed E-state index contributed by atoms with van der Waals surface area (Å²) in [5.74, 6) is -2.45. The lowest BCUT2D eigenvalue weighted by atomic mass is 9.47. The minimum absolute atomic E-state index is 0.189. The van der Waals surface area contributed by atoms with Gasteiger partial charge in [-0.3, -0.25) is 0 Å². The predicted molar refractivity (Wildman–Crippen MR) is 92.8 cm³/mol. The highest BCUT2D eigenvalue weighted by atomic mass is 19.3. The van der Waals surface area contributed by atoms with Gasteiger partial charge >= 0.3 is 0 Å². The van der Waals surface area contributed by atoms with Crippen molar-refractivity contribution in [2.24, 2.45) is 22.7 Å². The zero-order valence-electron chi connectivity index (χ0n) is 15.3. The van der Waals surface area contributed by atoms with Gasteiger partial charge in [0.2, 0.25) is 0 Å². The summed E-state index contributed by atoms with van der Waals surface area (Å²) in [6, 6.07) is 0. The zero-order valence-corrected chi connectivity index (χ0v) is 15.3. The van der Waals surface area contributed by atoms with E-state index >= 15 is 0 Å². The van der Waals surface area contributed by atoms with Crippen molar-refractivity contribution in [1.82, 2.24) is 0 Å². The molecule has 2 heteroatoms. The van der Waals surface area contributed by atoms with Crippen LogP contribution in [0.15, 0.2) is 0 Å². The van der Waals surface area contributed by atoms with Crippen molar-refractivity contribution in [3.8, 4) is 0 Å². The molecular formula is C21H36F2. The molecular weight excluding hydrogens is 290 g/mol. The number of unbranched alkanes of at least 4 members (excludes halogenated alkanes) is 2. The fourth-order valence-electron chi connectivity index (χ4n) is 6.27. The molecule has 0 saturated heterocycles. The number of hydrogen-bond donors (Lipinski definition) is 0. The van der Waals surface area contributed by atoms with Crippen LogP contribution >= 0.6 is 0 Å². The molecule has 0 nitrogen and oxygen atoms in total. The molecule has 0 heterocycles. The minimum atomic E-state index is -2.40. The second kappa shape index (κ2) is 6.64. The van der Waals surface area contributed by atoms with Crippen LogP contribution in [0.4, 0.5) is 8.78 Å². The maximum atomic E-state index is 14.5. The van der Waals surface area contributed by atoms with E-state index in [0.29, 0.717) is 17.8 Å². The van der Waals surface area contributed by atoms with Crippen molar-refractivity contribution in [2.75, 3.05) is 0 Å². The second-order valence-electron chi connectivity index (χ2n) is 9.16. The van der Waals surface area contributed by atoms with Gasteiger partial charge in [0.25, 0.3) is 5.92 Å². The molecule has 2 bridgehead atoms. The highest BCUT2D eigenvalue weighted by molar-refractivity contribution is 5.04. The van der Waals surface area contributed by atoms with E-state index < -0.39 is 5.92 Å². The lowest BCUT2D eigenvalue weighted by Crippen LogP contribution is -2.49. The lowest BCUT2D eigenvalue weighted by Gasteiger charge is -2.58. The molecule has 0 aromatic carbocycles. The van der Waals surface area contributed by atoms with Gasteiger partial charge in [0.1, 0.15) is 0 Å². The maximum absolute atomic E-state index is 14.5. The molecule has 0 N–H and O–H groups in total. The predicted octanol–water partition coefficient (Wildman–Crippen LogP) is 7.37. The first kappa shape index (κ1) is 17.7. The summed E-state index contributed by atoms with van der Waals surface area (Å²) in [5.41, 5.74) is 0.884. The molecule has 0 aromatic heterocycles. The molecule has 0 amide bonds. The minimum Gasteiger partial charge on any atom is -0.207 e. The van der Waals surface area contributed by atoms with E-state index in [-0.39, 0.29) is 17.8 Å². The molecule has 0 aliphatic heterocycles. The molecule has 4 aliphatic rings. The highest BCUT2D eigenvalue weighted by Gasteiger charge is 2.55. The Labute approximate surface area is 141 Å². The van der Waals surface area contributed by atoms with Crippen LogP contribution in [-0.2, 0) is 0 Å². The van der Waals surface area contributed by atoms with Crippen LogP contribution in [0, 0.1) is 22.7 Å². The summed E-state index contributed by atoms with van der Waals surface area (Å²) in [6.45, 7) is 4.21. The van der Waals surface area contributed by atoms with Crippen LogP contribution < -0.4 is 0 Å². The van der Waals surface area contributed by atoms with Gasteiger partial charge in [0, 0.05) is 12.3 Å². The van der Waals surface area contributed by atoms with Crippen molar-refractivity contribution in [1.29, 1.82) is 0 Å². The van der Waals surface area contributed by atoms with Crippen LogP contribution in [-0.4, -0.2) is 5.92 Å². The van der Waals surface area contributed by atoms with Gasteiger partial charge in [0.05, 0.1) is 0 Å². The largest absolute Gasteiger partial charge is 0.251 e. The topological polar surface area (TPSA) is 0 Å². The Kier molecular flexibility index (Phi) is 5.10. The first-order valence-electron chi connectivity index (χ1n) is 10.3. The van der Waals surface area contributed by atoms with Gasteiger partial charge in [-0.1, -0.05) is 33.1 Å². The van der Waals surface area contributed by atoms with Crippen molar-refractivity contribution in [3.63, 3.8) is 0 Å². The van der Waals surface area contributed by atoms with Gasteiger partial charge in [-0.05, 0) is 81.0 Å². The van der Waals surface area contributed by atoms with Crippen LogP contribution in [0.5, 0.6) is 0 Å². The van der Waals surface area contributed by atoms with E-state index in [1.54, 1.807) is 0 Å². The molecule has 0 radical (unpaired) electrons. The third-order valence-electron chi connectivity index (χ3n) is 8.11. The Balaban J connectivity index is 1.61. The quantitative estimate of drug-likeness (QED) is 0.447. The summed E-state index contributed by atoms with van der Waals surface area (Å²) >= 11 is 0. The van der Waals surface area contributed by atoms with Gasteiger partial charge in [-0.2, -0.15) is 0 Å². The van der Waals surface area contributed by atoms with E-state index in [1.807, 2.05) is 6.92 Å². The number of hydrogen-bond acceptors (Lipinski definition) is 0. The smallest absolute Gasteiger partial charge is 0.207 e. The van der Waals surface area contributed by atoms with E-state index in [2.05, 4.69) is 6.92 Å². The normalized spacial score (nSPS) is 42.8. The molecule has 4 fully saturated rings. The number of halogens is 2. The van der Waals surface area contributed by atoms with Crippen LogP contribution in [0.3, 0.4) is 0 Å². The summed E-state index contributed by atoms with van der Waals surface area (Å²) in [5, 5.41) is 0. The van der Waals surface area contributed by atoms with Crippen molar-refractivity contribution in [2.45, 2.75) is 110 Å². The molecule has 4 aliphatic carbocycles. The van der Waals surface area contributed by atoms with E-state index in [1.165, 1.54) is 64.2 Å². The SMILES string of the molecule is CCCCCC12CCC([C@H]3CC[C@H](CC)C(F)(F)C3)(CC1)CC2. The first-order valence-corrected chi connectivity index (χ1v) is 10.3. The summed E-state index contributed by atoms with van der Waals surface area (Å²) < 4.78 is 28.9. The monoisotopic (exact) mass is 326 g/mol. The van der Waals surface area contributed by atoms with Gasteiger partial charge in [0.15, 0.2) is 0 Å². The third kappa shape index (κ3) is 3.33. The standard InChI is InChI=1S/C21H36F2/c1-3-5-6-9-19-10-13-20(14-11-19,15-12-19)18-8-7-17(4-2)21(22,23)16-18/h17-18H,3-16H2,1-2H3/t17-,18-,19?,20?/m0/s1. The lowest BCUT2D eigenvalue weighted by molar-refractivity contribution is -0.146. The molecule has 134 valence electrons. The van der Waals surface area contributed by atoms with Gasteiger partial charge in [-0.15, -0.1) is 0 Å². The van der Waals surface area contributed by atoms with Gasteiger partial charge < -0.3 is 0 Å². The molecule has 4 rings (SSSR count). The van der Waals surface area contributed by atoms with Crippen molar-refractivity contribution in [3.05, 3.63) is 0 Å².